The van der Waals surface area contributed by atoms with Crippen LogP contribution in [0.2, 0.25) is 0 Å². The Morgan fingerprint density at radius 1 is 0.800 bits per heavy atom. The summed E-state index contributed by atoms with van der Waals surface area (Å²) >= 11 is 2.65. The summed E-state index contributed by atoms with van der Waals surface area (Å²) in [5, 5.41) is 0. The molecular weight excluding hydrogens is 235 g/mol. The zero-order chi connectivity index (χ0) is 6.72. The lowest BCUT2D eigenvalue weighted by Gasteiger charge is -2.57. The summed E-state index contributed by atoms with van der Waals surface area (Å²) in [6.45, 7) is 0. The second-order valence-corrected chi connectivity index (χ2v) is 6.06. The minimum absolute atomic E-state index is 1.04. The van der Waals surface area contributed by atoms with Crippen molar-refractivity contribution in [2.75, 3.05) is 0 Å². The Kier molecular flexibility index (Phi) is 1.19. The molecule has 0 heterocycles. The molecule has 3 aliphatic rings. The molecule has 3 aliphatic carbocycles. The van der Waals surface area contributed by atoms with Crippen molar-refractivity contribution in [3.8, 4) is 0 Å². The first-order valence-corrected chi connectivity index (χ1v) is 5.75. The summed E-state index contributed by atoms with van der Waals surface area (Å²) in [5.74, 6) is 4.82. The molecule has 0 saturated heterocycles. The van der Waals surface area contributed by atoms with Crippen molar-refractivity contribution in [1.82, 2.24) is 0 Å². The lowest BCUT2D eigenvalue weighted by Crippen LogP contribution is -2.50. The topological polar surface area (TPSA) is 0 Å². The molecule has 3 saturated carbocycles. The number of hydrogen-bond acceptors (Lipinski definition) is 0. The van der Waals surface area contributed by atoms with Crippen molar-refractivity contribution >= 4 is 22.6 Å². The maximum atomic E-state index is 2.65. The zero-order valence-electron chi connectivity index (χ0n) is 6.09. The van der Waals surface area contributed by atoms with Crippen molar-refractivity contribution < 1.29 is 0 Å². The maximum Gasteiger partial charge on any atom is 0.0115 e. The Morgan fingerprint density at radius 2 is 1.30 bits per heavy atom. The van der Waals surface area contributed by atoms with Gasteiger partial charge in [-0.05, 0) is 49.4 Å². The van der Waals surface area contributed by atoms with E-state index in [-0.39, 0.29) is 0 Å². The third-order valence-electron chi connectivity index (χ3n) is 4.09. The predicted molar refractivity (Wildman–Crippen MR) is 50.2 cm³/mol. The van der Waals surface area contributed by atoms with E-state index in [2.05, 4.69) is 22.6 Å². The van der Waals surface area contributed by atoms with E-state index in [9.17, 15) is 0 Å². The average Bonchev–Trinajstić information content (AvgIpc) is 2.09. The molecule has 0 N–H and O–H groups in total. The molecule has 3 rings (SSSR count). The van der Waals surface area contributed by atoms with Gasteiger partial charge in [-0.25, -0.2) is 0 Å². The fourth-order valence-electron chi connectivity index (χ4n) is 3.49. The van der Waals surface area contributed by atoms with Gasteiger partial charge in [0.25, 0.3) is 0 Å². The molecule has 10 heavy (non-hydrogen) atoms. The van der Waals surface area contributed by atoms with Gasteiger partial charge in [0.05, 0.1) is 0 Å². The summed E-state index contributed by atoms with van der Waals surface area (Å²) in [6.07, 6.45) is 6.28. The molecule has 0 amide bonds. The molecule has 0 aromatic rings. The SMILES string of the molecule is IC1CC2C3CCC3[C@H]2C1. The first kappa shape index (κ1) is 6.27. The van der Waals surface area contributed by atoms with Gasteiger partial charge in [0, 0.05) is 3.92 Å². The first-order chi connectivity index (χ1) is 4.86. The Morgan fingerprint density at radius 3 is 1.70 bits per heavy atom. The van der Waals surface area contributed by atoms with Gasteiger partial charge < -0.3 is 0 Å². The molecule has 3 fully saturated rings. The van der Waals surface area contributed by atoms with Crippen LogP contribution < -0.4 is 0 Å². The molecular formula is C9H13I. The lowest BCUT2D eigenvalue weighted by molar-refractivity contribution is -0.0815. The highest BCUT2D eigenvalue weighted by atomic mass is 127. The van der Waals surface area contributed by atoms with Crippen LogP contribution >= 0.6 is 22.6 Å². The van der Waals surface area contributed by atoms with E-state index in [0.29, 0.717) is 0 Å². The van der Waals surface area contributed by atoms with E-state index >= 15 is 0 Å². The molecule has 5 atom stereocenters. The molecule has 56 valence electrons. The van der Waals surface area contributed by atoms with Crippen molar-refractivity contribution in [1.29, 1.82) is 0 Å². The predicted octanol–water partition coefficient (Wildman–Crippen LogP) is 2.86. The van der Waals surface area contributed by atoms with Crippen LogP contribution in [0.1, 0.15) is 25.7 Å². The fraction of sp³-hybridized carbons (Fsp3) is 1.00. The quantitative estimate of drug-likeness (QED) is 0.456. The monoisotopic (exact) mass is 248 g/mol. The number of fused-ring (bicyclic) bond motifs is 4. The fourth-order valence-corrected chi connectivity index (χ4v) is 4.66. The zero-order valence-corrected chi connectivity index (χ0v) is 8.25. The number of rotatable bonds is 0. The van der Waals surface area contributed by atoms with Crippen LogP contribution in [0.5, 0.6) is 0 Å². The van der Waals surface area contributed by atoms with E-state index in [1.54, 1.807) is 25.7 Å². The minimum Gasteiger partial charge on any atom is -0.0826 e. The van der Waals surface area contributed by atoms with Gasteiger partial charge in [-0.2, -0.15) is 0 Å². The van der Waals surface area contributed by atoms with Crippen molar-refractivity contribution in [3.05, 3.63) is 0 Å². The van der Waals surface area contributed by atoms with Crippen molar-refractivity contribution in [2.45, 2.75) is 29.6 Å². The normalized spacial score (nSPS) is 63.9. The second kappa shape index (κ2) is 1.90. The number of alkyl halides is 1. The summed E-state index contributed by atoms with van der Waals surface area (Å²) in [4.78, 5) is 0. The summed E-state index contributed by atoms with van der Waals surface area (Å²) in [7, 11) is 0. The number of hydrogen-bond donors (Lipinski definition) is 0. The van der Waals surface area contributed by atoms with Crippen LogP contribution in [-0.2, 0) is 0 Å². The standard InChI is InChI=1S/C9H13I/c10-5-3-8-6-1-2-7(6)9(8)4-5/h5-9H,1-4H2/t5?,6?,7?,8-,9?/m1/s1. The van der Waals surface area contributed by atoms with Gasteiger partial charge in [0.15, 0.2) is 0 Å². The van der Waals surface area contributed by atoms with Gasteiger partial charge in [0.2, 0.25) is 0 Å². The molecule has 0 bridgehead atoms. The van der Waals surface area contributed by atoms with Gasteiger partial charge >= 0.3 is 0 Å². The molecule has 1 heteroatoms. The van der Waals surface area contributed by atoms with E-state index in [1.807, 2.05) is 0 Å². The van der Waals surface area contributed by atoms with E-state index < -0.39 is 0 Å². The Labute approximate surface area is 75.9 Å². The minimum atomic E-state index is 1.04. The molecule has 0 aliphatic heterocycles. The molecule has 0 radical (unpaired) electrons. The highest BCUT2D eigenvalue weighted by molar-refractivity contribution is 14.1. The average molecular weight is 248 g/mol. The lowest BCUT2D eigenvalue weighted by atomic mass is 9.48. The van der Waals surface area contributed by atoms with Crippen LogP contribution in [-0.4, -0.2) is 3.92 Å². The molecule has 0 aromatic heterocycles. The Bertz CT molecular complexity index is 148. The smallest absolute Gasteiger partial charge is 0.0115 e. The highest BCUT2D eigenvalue weighted by Gasteiger charge is 2.58. The van der Waals surface area contributed by atoms with Gasteiger partial charge in [-0.15, -0.1) is 0 Å². The number of halogens is 1. The third-order valence-corrected chi connectivity index (χ3v) is 5.11. The van der Waals surface area contributed by atoms with Crippen molar-refractivity contribution in [3.63, 3.8) is 0 Å². The first-order valence-electron chi connectivity index (χ1n) is 4.50. The van der Waals surface area contributed by atoms with E-state index in [1.165, 1.54) is 23.7 Å². The van der Waals surface area contributed by atoms with Crippen molar-refractivity contribution in [2.24, 2.45) is 23.7 Å². The summed E-state index contributed by atoms with van der Waals surface area (Å²) in [5.41, 5.74) is 0. The van der Waals surface area contributed by atoms with Gasteiger partial charge in [-0.1, -0.05) is 22.6 Å². The van der Waals surface area contributed by atoms with Crippen LogP contribution in [0, 0.1) is 23.7 Å². The summed E-state index contributed by atoms with van der Waals surface area (Å²) in [6, 6.07) is 0. The van der Waals surface area contributed by atoms with Gasteiger partial charge in [0.1, 0.15) is 0 Å². The van der Waals surface area contributed by atoms with Gasteiger partial charge in [-0.3, -0.25) is 0 Å². The molecule has 0 nitrogen and oxygen atoms in total. The molecule has 4 unspecified atom stereocenters. The van der Waals surface area contributed by atoms with Crippen LogP contribution in [0.4, 0.5) is 0 Å². The third kappa shape index (κ3) is 0.590. The van der Waals surface area contributed by atoms with Crippen LogP contribution in [0.3, 0.4) is 0 Å². The highest BCUT2D eigenvalue weighted by Crippen LogP contribution is 2.65. The Balaban J connectivity index is 1.80. The van der Waals surface area contributed by atoms with Crippen LogP contribution in [0.25, 0.3) is 0 Å². The molecule has 0 spiro atoms. The molecule has 0 aromatic carbocycles. The largest absolute Gasteiger partial charge is 0.0826 e. The second-order valence-electron chi connectivity index (χ2n) is 4.30. The van der Waals surface area contributed by atoms with E-state index in [0.717, 1.165) is 3.92 Å². The maximum absolute atomic E-state index is 2.65. The van der Waals surface area contributed by atoms with E-state index in [4.69, 9.17) is 0 Å². The summed E-state index contributed by atoms with van der Waals surface area (Å²) < 4.78 is 1.04. The Hall–Kier alpha value is 0.730. The van der Waals surface area contributed by atoms with Crippen LogP contribution in [0.15, 0.2) is 0 Å².